The normalized spacial score (nSPS) is 16.8. The summed E-state index contributed by atoms with van der Waals surface area (Å²) in [4.78, 5) is 24.9. The Bertz CT molecular complexity index is 354. The topological polar surface area (TPSA) is 57.6 Å². The Kier molecular flexibility index (Phi) is 4.32. The first-order chi connectivity index (χ1) is 7.84. The van der Waals surface area contributed by atoms with Crippen LogP contribution in [0.15, 0.2) is 11.1 Å². The van der Waals surface area contributed by atoms with E-state index in [2.05, 4.69) is 13.8 Å². The molecule has 1 aliphatic carbocycles. The monoisotopic (exact) mass is 239 g/mol. The Labute approximate surface area is 102 Å². The number of aliphatic carboxylic acids is 1. The molecule has 1 fully saturated rings. The van der Waals surface area contributed by atoms with E-state index in [0.29, 0.717) is 24.1 Å². The molecule has 1 amide bonds. The van der Waals surface area contributed by atoms with E-state index in [1.54, 1.807) is 6.92 Å². The van der Waals surface area contributed by atoms with E-state index in [0.717, 1.165) is 12.8 Å². The zero-order chi connectivity index (χ0) is 13.2. The van der Waals surface area contributed by atoms with Gasteiger partial charge in [-0.3, -0.25) is 4.79 Å². The molecular weight excluding hydrogens is 218 g/mol. The zero-order valence-corrected chi connectivity index (χ0v) is 11.0. The molecule has 0 radical (unpaired) electrons. The minimum atomic E-state index is -1.02. The summed E-state index contributed by atoms with van der Waals surface area (Å²) in [5.74, 6) is -0.741. The fourth-order valence-electron chi connectivity index (χ4n) is 1.71. The lowest BCUT2D eigenvalue weighted by molar-refractivity contribution is -0.134. The highest BCUT2D eigenvalue weighted by Crippen LogP contribution is 2.29. The van der Waals surface area contributed by atoms with Crippen LogP contribution in [-0.4, -0.2) is 34.5 Å². The number of carboxylic acids is 1. The zero-order valence-electron chi connectivity index (χ0n) is 11.0. The number of hydrogen-bond donors (Lipinski definition) is 1. The number of carbonyl (C=O) groups is 2. The van der Waals surface area contributed by atoms with Gasteiger partial charge in [0.15, 0.2) is 0 Å². The molecule has 1 rings (SSSR count). The first-order valence-corrected chi connectivity index (χ1v) is 6.06. The predicted molar refractivity (Wildman–Crippen MR) is 65.6 cm³/mol. The van der Waals surface area contributed by atoms with Gasteiger partial charge >= 0.3 is 5.97 Å². The summed E-state index contributed by atoms with van der Waals surface area (Å²) in [6.45, 7) is 7.91. The van der Waals surface area contributed by atoms with E-state index in [1.807, 2.05) is 4.90 Å². The van der Waals surface area contributed by atoms with Crippen LogP contribution in [0.2, 0.25) is 0 Å². The van der Waals surface area contributed by atoms with Crippen LogP contribution in [0.1, 0.15) is 40.5 Å². The van der Waals surface area contributed by atoms with E-state index in [9.17, 15) is 9.59 Å². The number of amides is 1. The van der Waals surface area contributed by atoms with Crippen LogP contribution >= 0.6 is 0 Å². The van der Waals surface area contributed by atoms with Gasteiger partial charge in [-0.15, -0.1) is 0 Å². The summed E-state index contributed by atoms with van der Waals surface area (Å²) in [6.07, 6.45) is 2.08. The van der Waals surface area contributed by atoms with Gasteiger partial charge in [-0.2, -0.15) is 0 Å². The SMILES string of the molecule is CC(C(=O)O)=C(C)C(=O)N(CC(C)C)C1CC1. The van der Waals surface area contributed by atoms with Crippen molar-refractivity contribution >= 4 is 11.9 Å². The van der Waals surface area contributed by atoms with E-state index in [4.69, 9.17) is 5.11 Å². The highest BCUT2D eigenvalue weighted by molar-refractivity contribution is 6.01. The largest absolute Gasteiger partial charge is 0.478 e. The van der Waals surface area contributed by atoms with Gasteiger partial charge in [0.25, 0.3) is 0 Å². The average Bonchev–Trinajstić information content (AvgIpc) is 3.06. The van der Waals surface area contributed by atoms with Gasteiger partial charge in [0.05, 0.1) is 0 Å². The second-order valence-electron chi connectivity index (χ2n) is 5.14. The molecule has 0 heterocycles. The summed E-state index contributed by atoms with van der Waals surface area (Å²) in [6, 6.07) is 0.321. The van der Waals surface area contributed by atoms with Crippen molar-refractivity contribution in [3.8, 4) is 0 Å². The smallest absolute Gasteiger partial charge is 0.331 e. The van der Waals surface area contributed by atoms with Gasteiger partial charge in [0.2, 0.25) is 5.91 Å². The number of nitrogens with zero attached hydrogens (tertiary/aromatic N) is 1. The molecule has 4 nitrogen and oxygen atoms in total. The Morgan fingerprint density at radius 3 is 2.12 bits per heavy atom. The van der Waals surface area contributed by atoms with Gasteiger partial charge < -0.3 is 10.0 Å². The molecule has 0 aliphatic heterocycles. The van der Waals surface area contributed by atoms with Gasteiger partial charge in [-0.1, -0.05) is 13.8 Å². The van der Waals surface area contributed by atoms with Crippen LogP contribution in [-0.2, 0) is 9.59 Å². The lowest BCUT2D eigenvalue weighted by atomic mass is 10.1. The fourth-order valence-corrected chi connectivity index (χ4v) is 1.71. The van der Waals surface area contributed by atoms with Gasteiger partial charge in [0, 0.05) is 23.7 Å². The predicted octanol–water partition coefficient (Wildman–Crippen LogP) is 2.05. The first kappa shape index (κ1) is 13.7. The van der Waals surface area contributed by atoms with Crippen molar-refractivity contribution in [2.75, 3.05) is 6.54 Å². The van der Waals surface area contributed by atoms with Crippen molar-refractivity contribution in [1.29, 1.82) is 0 Å². The average molecular weight is 239 g/mol. The molecule has 1 aliphatic rings. The second-order valence-corrected chi connectivity index (χ2v) is 5.14. The van der Waals surface area contributed by atoms with Gasteiger partial charge in [-0.05, 0) is 32.6 Å². The molecule has 0 bridgehead atoms. The van der Waals surface area contributed by atoms with Crippen LogP contribution in [0, 0.1) is 5.92 Å². The fraction of sp³-hybridized carbons (Fsp3) is 0.692. The Balaban J connectivity index is 2.84. The van der Waals surface area contributed by atoms with E-state index in [1.165, 1.54) is 6.92 Å². The van der Waals surface area contributed by atoms with Crippen LogP contribution < -0.4 is 0 Å². The maximum atomic E-state index is 12.2. The second kappa shape index (κ2) is 5.34. The molecule has 0 aromatic heterocycles. The molecule has 17 heavy (non-hydrogen) atoms. The van der Waals surface area contributed by atoms with Crippen molar-refractivity contribution in [2.45, 2.75) is 46.6 Å². The lowest BCUT2D eigenvalue weighted by Gasteiger charge is -2.25. The third-order valence-corrected chi connectivity index (χ3v) is 3.01. The summed E-state index contributed by atoms with van der Waals surface area (Å²) in [5, 5.41) is 8.89. The molecule has 0 spiro atoms. The maximum absolute atomic E-state index is 12.2. The molecule has 0 aromatic rings. The number of carbonyl (C=O) groups excluding carboxylic acids is 1. The third-order valence-electron chi connectivity index (χ3n) is 3.01. The van der Waals surface area contributed by atoms with Gasteiger partial charge in [0.1, 0.15) is 0 Å². The third kappa shape index (κ3) is 3.58. The molecule has 1 N–H and O–H groups in total. The lowest BCUT2D eigenvalue weighted by Crippen LogP contribution is -2.37. The van der Waals surface area contributed by atoms with Crippen molar-refractivity contribution in [2.24, 2.45) is 5.92 Å². The Morgan fingerprint density at radius 1 is 1.24 bits per heavy atom. The van der Waals surface area contributed by atoms with Crippen LogP contribution in [0.25, 0.3) is 0 Å². The first-order valence-electron chi connectivity index (χ1n) is 6.06. The van der Waals surface area contributed by atoms with Crippen LogP contribution in [0.5, 0.6) is 0 Å². The van der Waals surface area contributed by atoms with Crippen molar-refractivity contribution in [1.82, 2.24) is 4.90 Å². The molecule has 0 atom stereocenters. The van der Waals surface area contributed by atoms with Crippen LogP contribution in [0.4, 0.5) is 0 Å². The minimum Gasteiger partial charge on any atom is -0.478 e. The number of hydrogen-bond acceptors (Lipinski definition) is 2. The van der Waals surface area contributed by atoms with Gasteiger partial charge in [-0.25, -0.2) is 4.79 Å². The molecule has 0 unspecified atom stereocenters. The summed E-state index contributed by atoms with van der Waals surface area (Å²) in [7, 11) is 0. The Hall–Kier alpha value is -1.32. The number of carboxylic acid groups (broad SMARTS) is 1. The van der Waals surface area contributed by atoms with Crippen molar-refractivity contribution < 1.29 is 14.7 Å². The summed E-state index contributed by atoms with van der Waals surface area (Å²) in [5.41, 5.74) is 0.495. The standard InChI is InChI=1S/C13H21NO3/c1-8(2)7-14(11-5-6-11)12(15)9(3)10(4)13(16)17/h8,11H,5-7H2,1-4H3,(H,16,17). The van der Waals surface area contributed by atoms with Crippen LogP contribution in [0.3, 0.4) is 0 Å². The quantitative estimate of drug-likeness (QED) is 0.747. The van der Waals surface area contributed by atoms with Crippen molar-refractivity contribution in [3.05, 3.63) is 11.1 Å². The highest BCUT2D eigenvalue weighted by Gasteiger charge is 2.33. The molecule has 4 heteroatoms. The summed E-state index contributed by atoms with van der Waals surface area (Å²) < 4.78 is 0. The highest BCUT2D eigenvalue weighted by atomic mass is 16.4. The number of rotatable bonds is 5. The van der Waals surface area contributed by atoms with E-state index < -0.39 is 5.97 Å². The summed E-state index contributed by atoms with van der Waals surface area (Å²) >= 11 is 0. The molecule has 96 valence electrons. The van der Waals surface area contributed by atoms with E-state index in [-0.39, 0.29) is 11.5 Å². The van der Waals surface area contributed by atoms with Crippen molar-refractivity contribution in [3.63, 3.8) is 0 Å². The molecule has 1 saturated carbocycles. The molecular formula is C13H21NO3. The van der Waals surface area contributed by atoms with E-state index >= 15 is 0 Å². The molecule has 0 aromatic carbocycles. The molecule has 0 saturated heterocycles. The Morgan fingerprint density at radius 2 is 1.76 bits per heavy atom. The maximum Gasteiger partial charge on any atom is 0.331 e. The minimum absolute atomic E-state index is 0.124.